The smallest absolute Gasteiger partial charge is 0.124 e. The zero-order valence-electron chi connectivity index (χ0n) is 14.2. The number of para-hydroxylation sites is 1. The van der Waals surface area contributed by atoms with Crippen LogP contribution in [-0.2, 0) is 0 Å². The second kappa shape index (κ2) is 5.75. The van der Waals surface area contributed by atoms with Gasteiger partial charge in [0, 0.05) is 17.5 Å². The Kier molecular flexibility index (Phi) is 4.05. The third-order valence-electron chi connectivity index (χ3n) is 5.87. The van der Waals surface area contributed by atoms with Crippen LogP contribution in [0.2, 0.25) is 0 Å². The minimum absolute atomic E-state index is 0.228. The monoisotopic (exact) mass is 314 g/mol. The van der Waals surface area contributed by atoms with Crippen molar-refractivity contribution in [3.05, 3.63) is 29.8 Å². The lowest BCUT2D eigenvalue weighted by atomic mass is 9.44. The summed E-state index contributed by atoms with van der Waals surface area (Å²) >= 11 is 0. The summed E-state index contributed by atoms with van der Waals surface area (Å²) in [5.41, 5.74) is 1.11. The lowest BCUT2D eigenvalue weighted by Crippen LogP contribution is -2.64. The molecule has 2 bridgehead atoms. The SMILES string of the molecule is CC1(C)[C@@H]2CC(=NCCN=Cc3ccccc3O)[C@@](C)(O)[C@H]1C2. The van der Waals surface area contributed by atoms with Gasteiger partial charge in [-0.25, -0.2) is 0 Å². The molecule has 1 aromatic rings. The normalized spacial score (nSPS) is 33.8. The molecule has 3 atom stereocenters. The van der Waals surface area contributed by atoms with E-state index < -0.39 is 5.60 Å². The molecule has 4 heteroatoms. The van der Waals surface area contributed by atoms with E-state index in [0.717, 1.165) is 18.6 Å². The topological polar surface area (TPSA) is 65.2 Å². The number of benzene rings is 1. The summed E-state index contributed by atoms with van der Waals surface area (Å²) in [5, 5.41) is 20.5. The van der Waals surface area contributed by atoms with Crippen molar-refractivity contribution in [2.75, 3.05) is 13.1 Å². The number of nitrogens with zero attached hydrogens (tertiary/aromatic N) is 2. The summed E-state index contributed by atoms with van der Waals surface area (Å²) in [4.78, 5) is 8.95. The van der Waals surface area contributed by atoms with Gasteiger partial charge in [0.25, 0.3) is 0 Å². The summed E-state index contributed by atoms with van der Waals surface area (Å²) in [6.45, 7) is 7.57. The maximum Gasteiger partial charge on any atom is 0.124 e. The van der Waals surface area contributed by atoms with E-state index in [1.165, 1.54) is 0 Å². The Bertz CT molecular complexity index is 647. The van der Waals surface area contributed by atoms with Gasteiger partial charge in [-0.3, -0.25) is 9.98 Å². The van der Waals surface area contributed by atoms with Crippen molar-refractivity contribution in [1.82, 2.24) is 0 Å². The molecule has 0 radical (unpaired) electrons. The summed E-state index contributed by atoms with van der Waals surface area (Å²) in [6.07, 6.45) is 3.69. The van der Waals surface area contributed by atoms with Gasteiger partial charge in [0.2, 0.25) is 0 Å². The molecule has 0 spiro atoms. The maximum atomic E-state index is 10.8. The standard InChI is InChI=1S/C19H26N2O2/c1-18(2)14-10-16(18)19(3,23)17(11-14)21-9-8-20-12-13-6-4-5-7-15(13)22/h4-7,12,14,16,22-23H,8-11H2,1-3H3/t14-,16-,19-/m0/s1. The molecule has 1 aromatic carbocycles. The summed E-state index contributed by atoms with van der Waals surface area (Å²) in [6, 6.07) is 7.13. The van der Waals surface area contributed by atoms with Gasteiger partial charge < -0.3 is 10.2 Å². The van der Waals surface area contributed by atoms with E-state index in [1.807, 2.05) is 19.1 Å². The Balaban J connectivity index is 1.58. The van der Waals surface area contributed by atoms with E-state index in [-0.39, 0.29) is 11.2 Å². The number of phenolic OH excluding ortho intramolecular Hbond substituents is 1. The van der Waals surface area contributed by atoms with E-state index in [1.54, 1.807) is 18.3 Å². The molecular weight excluding hydrogens is 288 g/mol. The van der Waals surface area contributed by atoms with Crippen molar-refractivity contribution < 1.29 is 10.2 Å². The first kappa shape index (κ1) is 16.2. The molecule has 0 unspecified atom stereocenters. The molecular formula is C19H26N2O2. The molecule has 3 saturated carbocycles. The Morgan fingerprint density at radius 1 is 1.22 bits per heavy atom. The number of rotatable bonds is 4. The number of hydrogen-bond acceptors (Lipinski definition) is 4. The molecule has 4 rings (SSSR count). The van der Waals surface area contributed by atoms with E-state index in [9.17, 15) is 10.2 Å². The van der Waals surface area contributed by atoms with Crippen LogP contribution in [-0.4, -0.2) is 40.8 Å². The third-order valence-corrected chi connectivity index (χ3v) is 5.87. The predicted octanol–water partition coefficient (Wildman–Crippen LogP) is 3.07. The first-order chi connectivity index (χ1) is 10.8. The average molecular weight is 314 g/mol. The molecule has 3 aliphatic rings. The maximum absolute atomic E-state index is 10.8. The highest BCUT2D eigenvalue weighted by molar-refractivity contribution is 5.94. The average Bonchev–Trinajstić information content (AvgIpc) is 2.49. The summed E-state index contributed by atoms with van der Waals surface area (Å²) in [7, 11) is 0. The van der Waals surface area contributed by atoms with Gasteiger partial charge in [-0.2, -0.15) is 0 Å². The van der Waals surface area contributed by atoms with Gasteiger partial charge in [0.1, 0.15) is 11.4 Å². The molecule has 2 N–H and O–H groups in total. The third kappa shape index (κ3) is 2.80. The molecule has 3 aliphatic carbocycles. The fourth-order valence-corrected chi connectivity index (χ4v) is 4.18. The van der Waals surface area contributed by atoms with Crippen molar-refractivity contribution >= 4 is 11.9 Å². The number of aliphatic imine (C=N–C) groups is 2. The molecule has 0 aromatic heterocycles. The van der Waals surface area contributed by atoms with Gasteiger partial charge in [-0.15, -0.1) is 0 Å². The van der Waals surface area contributed by atoms with Gasteiger partial charge in [-0.05, 0) is 49.1 Å². The fourth-order valence-electron chi connectivity index (χ4n) is 4.18. The van der Waals surface area contributed by atoms with Crippen LogP contribution in [0.3, 0.4) is 0 Å². The van der Waals surface area contributed by atoms with Crippen molar-refractivity contribution in [2.45, 2.75) is 39.2 Å². The fraction of sp³-hybridized carbons (Fsp3) is 0.579. The van der Waals surface area contributed by atoms with Crippen LogP contribution in [0.1, 0.15) is 39.2 Å². The first-order valence-corrected chi connectivity index (χ1v) is 8.37. The van der Waals surface area contributed by atoms with Gasteiger partial charge in [0.05, 0.1) is 13.1 Å². The highest BCUT2D eigenvalue weighted by Crippen LogP contribution is 2.61. The number of phenols is 1. The van der Waals surface area contributed by atoms with Gasteiger partial charge in [-0.1, -0.05) is 26.0 Å². The Morgan fingerprint density at radius 2 is 1.96 bits per heavy atom. The van der Waals surface area contributed by atoms with E-state index >= 15 is 0 Å². The van der Waals surface area contributed by atoms with E-state index in [0.29, 0.717) is 30.5 Å². The predicted molar refractivity (Wildman–Crippen MR) is 93.5 cm³/mol. The summed E-state index contributed by atoms with van der Waals surface area (Å²) < 4.78 is 0. The van der Waals surface area contributed by atoms with Crippen LogP contribution in [0.25, 0.3) is 0 Å². The minimum Gasteiger partial charge on any atom is -0.507 e. The van der Waals surface area contributed by atoms with Crippen molar-refractivity contribution in [1.29, 1.82) is 0 Å². The lowest BCUT2D eigenvalue weighted by Gasteiger charge is -2.62. The largest absolute Gasteiger partial charge is 0.507 e. The highest BCUT2D eigenvalue weighted by Gasteiger charge is 2.61. The van der Waals surface area contributed by atoms with Gasteiger partial charge in [0.15, 0.2) is 0 Å². The van der Waals surface area contributed by atoms with E-state index in [2.05, 4.69) is 23.8 Å². The highest BCUT2D eigenvalue weighted by atomic mass is 16.3. The number of aliphatic hydroxyl groups is 1. The molecule has 124 valence electrons. The molecule has 3 fully saturated rings. The van der Waals surface area contributed by atoms with Crippen LogP contribution in [0.5, 0.6) is 5.75 Å². The van der Waals surface area contributed by atoms with Crippen LogP contribution in [0.4, 0.5) is 0 Å². The van der Waals surface area contributed by atoms with E-state index in [4.69, 9.17) is 0 Å². The zero-order valence-corrected chi connectivity index (χ0v) is 14.2. The quantitative estimate of drug-likeness (QED) is 0.662. The molecule has 0 amide bonds. The van der Waals surface area contributed by atoms with Crippen molar-refractivity contribution in [3.63, 3.8) is 0 Å². The Morgan fingerprint density at radius 3 is 2.61 bits per heavy atom. The number of aromatic hydroxyl groups is 1. The minimum atomic E-state index is -0.778. The van der Waals surface area contributed by atoms with Crippen LogP contribution < -0.4 is 0 Å². The zero-order chi connectivity index (χ0) is 16.7. The molecule has 0 aliphatic heterocycles. The van der Waals surface area contributed by atoms with Crippen LogP contribution >= 0.6 is 0 Å². The lowest BCUT2D eigenvalue weighted by molar-refractivity contribution is -0.134. The molecule has 0 heterocycles. The summed E-state index contributed by atoms with van der Waals surface area (Å²) in [5.74, 6) is 1.20. The number of fused-ring (bicyclic) bond motifs is 2. The molecule has 0 saturated heterocycles. The second-order valence-electron chi connectivity index (χ2n) is 7.58. The second-order valence-corrected chi connectivity index (χ2v) is 7.58. The number of hydrogen-bond donors (Lipinski definition) is 2. The first-order valence-electron chi connectivity index (χ1n) is 8.37. The Labute approximate surface area is 138 Å². The van der Waals surface area contributed by atoms with Gasteiger partial charge >= 0.3 is 0 Å². The van der Waals surface area contributed by atoms with Crippen molar-refractivity contribution in [2.24, 2.45) is 27.2 Å². The Hall–Kier alpha value is -1.68. The van der Waals surface area contributed by atoms with Crippen molar-refractivity contribution in [3.8, 4) is 5.75 Å². The molecule has 4 nitrogen and oxygen atoms in total. The molecule has 23 heavy (non-hydrogen) atoms. The van der Waals surface area contributed by atoms with Crippen LogP contribution in [0, 0.1) is 17.3 Å². The van der Waals surface area contributed by atoms with Crippen LogP contribution in [0.15, 0.2) is 34.3 Å².